The molecule has 5 heteroatoms. The van der Waals surface area contributed by atoms with E-state index in [2.05, 4.69) is 0 Å². The molecule has 0 unspecified atom stereocenters. The Morgan fingerprint density at radius 3 is 2.83 bits per heavy atom. The highest BCUT2D eigenvalue weighted by Crippen LogP contribution is 2.17. The van der Waals surface area contributed by atoms with Crippen molar-refractivity contribution in [3.05, 3.63) is 35.9 Å². The molecule has 5 nitrogen and oxygen atoms in total. The highest BCUT2D eigenvalue weighted by atomic mass is 16.6. The zero-order valence-electron chi connectivity index (χ0n) is 10.4. The van der Waals surface area contributed by atoms with Gasteiger partial charge in [0.1, 0.15) is 6.61 Å². The summed E-state index contributed by atoms with van der Waals surface area (Å²) in [6.07, 6.45) is 0.193. The zero-order valence-corrected chi connectivity index (χ0v) is 10.4. The van der Waals surface area contributed by atoms with E-state index < -0.39 is 6.09 Å². The Labute approximate surface area is 106 Å². The molecule has 98 valence electrons. The van der Waals surface area contributed by atoms with Gasteiger partial charge in [-0.25, -0.2) is 15.6 Å². The van der Waals surface area contributed by atoms with E-state index in [0.29, 0.717) is 6.61 Å². The molecule has 1 aromatic rings. The zero-order chi connectivity index (χ0) is 13.0. The lowest BCUT2D eigenvalue weighted by molar-refractivity contribution is 0.0502. The third-order valence-corrected chi connectivity index (χ3v) is 3.11. The Bertz CT molecular complexity index is 396. The van der Waals surface area contributed by atoms with Gasteiger partial charge in [0.05, 0.1) is 12.1 Å². The Balaban J connectivity index is 1.84. The van der Waals surface area contributed by atoms with Gasteiger partial charge in [0.25, 0.3) is 0 Å². The summed E-state index contributed by atoms with van der Waals surface area (Å²) in [5, 5.41) is 1.14. The molecule has 1 aliphatic rings. The van der Waals surface area contributed by atoms with E-state index in [4.69, 9.17) is 15.3 Å². The Hall–Kier alpha value is -1.59. The van der Waals surface area contributed by atoms with Crippen molar-refractivity contribution in [3.63, 3.8) is 0 Å². The molecule has 1 amide bonds. The lowest BCUT2D eigenvalue weighted by atomic mass is 10.1. The molecule has 1 aliphatic heterocycles. The van der Waals surface area contributed by atoms with Crippen LogP contribution in [0.5, 0.6) is 0 Å². The van der Waals surface area contributed by atoms with Gasteiger partial charge in [0.15, 0.2) is 0 Å². The lowest BCUT2D eigenvalue weighted by Gasteiger charge is -2.25. The van der Waals surface area contributed by atoms with Gasteiger partial charge in [0, 0.05) is 6.61 Å². The van der Waals surface area contributed by atoms with Crippen LogP contribution in [0.15, 0.2) is 30.3 Å². The fourth-order valence-electron chi connectivity index (χ4n) is 2.01. The fraction of sp³-hybridized carbons (Fsp3) is 0.462. The summed E-state index contributed by atoms with van der Waals surface area (Å²) in [4.78, 5) is 11.8. The maximum Gasteiger partial charge on any atom is 0.424 e. The van der Waals surface area contributed by atoms with E-state index in [1.165, 1.54) is 0 Å². The van der Waals surface area contributed by atoms with Crippen molar-refractivity contribution in [1.29, 1.82) is 0 Å². The molecule has 0 aromatic heterocycles. The molecule has 1 heterocycles. The minimum Gasteiger partial charge on any atom is -0.444 e. The van der Waals surface area contributed by atoms with E-state index in [0.717, 1.165) is 17.0 Å². The number of nitrogens with zero attached hydrogens (tertiary/aromatic N) is 1. The maximum atomic E-state index is 11.8. The molecule has 0 saturated carbocycles. The molecule has 2 N–H and O–H groups in total. The molecule has 0 bridgehead atoms. The number of carbonyl (C=O) groups excluding carboxylic acids is 1. The quantitative estimate of drug-likeness (QED) is 0.503. The van der Waals surface area contributed by atoms with Crippen LogP contribution < -0.4 is 5.84 Å². The summed E-state index contributed by atoms with van der Waals surface area (Å²) in [5.41, 5.74) is 0.940. The highest BCUT2D eigenvalue weighted by molar-refractivity contribution is 5.67. The van der Waals surface area contributed by atoms with Crippen LogP contribution in [0, 0.1) is 0 Å². The molecule has 2 rings (SSSR count). The molecule has 1 aromatic carbocycles. The number of hydrazine groups is 1. The fourth-order valence-corrected chi connectivity index (χ4v) is 2.01. The van der Waals surface area contributed by atoms with Crippen LogP contribution in [-0.4, -0.2) is 29.9 Å². The van der Waals surface area contributed by atoms with E-state index in [9.17, 15) is 4.79 Å². The molecule has 1 fully saturated rings. The predicted molar refractivity (Wildman–Crippen MR) is 66.5 cm³/mol. The van der Waals surface area contributed by atoms with Crippen LogP contribution in [0.2, 0.25) is 0 Å². The van der Waals surface area contributed by atoms with E-state index in [1.54, 1.807) is 0 Å². The molecule has 0 aliphatic carbocycles. The number of nitrogens with two attached hydrogens (primary N) is 1. The summed E-state index contributed by atoms with van der Waals surface area (Å²) >= 11 is 0. The summed E-state index contributed by atoms with van der Waals surface area (Å²) in [7, 11) is 0. The second-order valence-electron chi connectivity index (χ2n) is 4.38. The van der Waals surface area contributed by atoms with Crippen molar-refractivity contribution >= 4 is 6.09 Å². The second-order valence-corrected chi connectivity index (χ2v) is 4.38. The minimum atomic E-state index is -0.513. The number of rotatable bonds is 3. The van der Waals surface area contributed by atoms with Crippen molar-refractivity contribution in [1.82, 2.24) is 5.01 Å². The van der Waals surface area contributed by atoms with Crippen molar-refractivity contribution in [3.8, 4) is 0 Å². The van der Waals surface area contributed by atoms with Gasteiger partial charge < -0.3 is 9.47 Å². The normalized spacial score (nSPS) is 22.8. The average Bonchev–Trinajstić information content (AvgIpc) is 2.82. The van der Waals surface area contributed by atoms with E-state index in [-0.39, 0.29) is 18.8 Å². The molecular weight excluding hydrogens is 232 g/mol. The third kappa shape index (κ3) is 3.00. The van der Waals surface area contributed by atoms with Gasteiger partial charge in [-0.3, -0.25) is 0 Å². The first-order chi connectivity index (χ1) is 8.68. The topological polar surface area (TPSA) is 64.8 Å². The van der Waals surface area contributed by atoms with Crippen molar-refractivity contribution in [2.45, 2.75) is 32.1 Å². The molecule has 0 radical (unpaired) electrons. The van der Waals surface area contributed by atoms with Crippen LogP contribution >= 0.6 is 0 Å². The van der Waals surface area contributed by atoms with Gasteiger partial charge in [-0.15, -0.1) is 0 Å². The number of amides is 1. The van der Waals surface area contributed by atoms with E-state index >= 15 is 0 Å². The smallest absolute Gasteiger partial charge is 0.424 e. The Morgan fingerprint density at radius 2 is 2.22 bits per heavy atom. The number of hydrogen-bond acceptors (Lipinski definition) is 4. The van der Waals surface area contributed by atoms with Crippen LogP contribution in [0.3, 0.4) is 0 Å². The van der Waals surface area contributed by atoms with Crippen LogP contribution in [0.25, 0.3) is 0 Å². The monoisotopic (exact) mass is 250 g/mol. The summed E-state index contributed by atoms with van der Waals surface area (Å²) in [6.45, 7) is 2.77. The van der Waals surface area contributed by atoms with Crippen molar-refractivity contribution in [2.75, 3.05) is 6.61 Å². The first-order valence-electron chi connectivity index (χ1n) is 6.04. The molecule has 2 atom stereocenters. The first-order valence-corrected chi connectivity index (χ1v) is 6.04. The summed E-state index contributed by atoms with van der Waals surface area (Å²) in [6, 6.07) is 9.41. The standard InChI is InChI=1S/C13H18N2O3/c1-10-12(7-8-17-10)15(14)13(16)18-9-11-5-3-2-4-6-11/h2-6,10,12H,7-9,14H2,1H3/t10-,12-/m0/s1. The number of benzene rings is 1. The van der Waals surface area contributed by atoms with Gasteiger partial charge in [-0.05, 0) is 18.9 Å². The third-order valence-electron chi connectivity index (χ3n) is 3.11. The van der Waals surface area contributed by atoms with Crippen LogP contribution in [0.1, 0.15) is 18.9 Å². The van der Waals surface area contributed by atoms with Gasteiger partial charge in [-0.2, -0.15) is 0 Å². The largest absolute Gasteiger partial charge is 0.444 e. The van der Waals surface area contributed by atoms with E-state index in [1.807, 2.05) is 37.3 Å². The predicted octanol–water partition coefficient (Wildman–Crippen LogP) is 1.68. The van der Waals surface area contributed by atoms with Gasteiger partial charge >= 0.3 is 6.09 Å². The average molecular weight is 250 g/mol. The molecule has 18 heavy (non-hydrogen) atoms. The van der Waals surface area contributed by atoms with Gasteiger partial charge in [0.2, 0.25) is 0 Å². The Kier molecular flexibility index (Phi) is 4.17. The van der Waals surface area contributed by atoms with Crippen molar-refractivity contribution in [2.24, 2.45) is 5.84 Å². The lowest BCUT2D eigenvalue weighted by Crippen LogP contribution is -2.48. The van der Waals surface area contributed by atoms with Crippen LogP contribution in [-0.2, 0) is 16.1 Å². The maximum absolute atomic E-state index is 11.8. The molecule has 0 spiro atoms. The summed E-state index contributed by atoms with van der Waals surface area (Å²) < 4.78 is 10.5. The Morgan fingerprint density at radius 1 is 1.50 bits per heavy atom. The molecule has 1 saturated heterocycles. The second kappa shape index (κ2) is 5.84. The van der Waals surface area contributed by atoms with Gasteiger partial charge in [-0.1, -0.05) is 30.3 Å². The van der Waals surface area contributed by atoms with Crippen LogP contribution in [0.4, 0.5) is 4.79 Å². The minimum absolute atomic E-state index is 0.0423. The number of ether oxygens (including phenoxy) is 2. The number of hydrogen-bond donors (Lipinski definition) is 1. The highest BCUT2D eigenvalue weighted by Gasteiger charge is 2.32. The first kappa shape index (κ1) is 12.9. The molecular formula is C13H18N2O3. The SMILES string of the molecule is C[C@@H]1OCC[C@@H]1N(N)C(=O)OCc1ccccc1. The van der Waals surface area contributed by atoms with Crippen molar-refractivity contribution < 1.29 is 14.3 Å². The number of carbonyl (C=O) groups is 1. The summed E-state index contributed by atoms with van der Waals surface area (Å²) in [5.74, 6) is 5.76.